The van der Waals surface area contributed by atoms with Crippen molar-refractivity contribution in [3.05, 3.63) is 22.6 Å². The average Bonchev–Trinajstić information content (AvgIpc) is 2.58. The highest BCUT2D eigenvalue weighted by Gasteiger charge is 2.30. The Kier molecular flexibility index (Phi) is 4.20. The summed E-state index contributed by atoms with van der Waals surface area (Å²) < 4.78 is 11.4. The lowest BCUT2D eigenvalue weighted by Crippen LogP contribution is -2.59. The predicted molar refractivity (Wildman–Crippen MR) is 74.8 cm³/mol. The van der Waals surface area contributed by atoms with E-state index >= 15 is 0 Å². The highest BCUT2D eigenvalue weighted by Crippen LogP contribution is 2.18. The number of carbonyl (C=O) groups excluding carboxylic acids is 1. The van der Waals surface area contributed by atoms with Gasteiger partial charge in [0.05, 0.1) is 12.6 Å². The van der Waals surface area contributed by atoms with Crippen molar-refractivity contribution in [1.82, 2.24) is 10.2 Å². The summed E-state index contributed by atoms with van der Waals surface area (Å²) in [6, 6.07) is 3.98. The van der Waals surface area contributed by atoms with Gasteiger partial charge < -0.3 is 14.5 Å². The Morgan fingerprint density at radius 1 is 1.53 bits per heavy atom. The lowest BCUT2D eigenvalue weighted by molar-refractivity contribution is 0.0384. The van der Waals surface area contributed by atoms with Crippen molar-refractivity contribution in [2.45, 2.75) is 39.0 Å². The van der Waals surface area contributed by atoms with Gasteiger partial charge in [-0.15, -0.1) is 0 Å². The summed E-state index contributed by atoms with van der Waals surface area (Å²) in [5.74, 6) is 0.919. The Morgan fingerprint density at radius 2 is 2.21 bits per heavy atom. The normalized spacial score (nSPS) is 17.1. The molecule has 0 atom stereocenters. The van der Waals surface area contributed by atoms with E-state index in [-0.39, 0.29) is 12.1 Å². The first-order valence-corrected chi connectivity index (χ1v) is 7.07. The quantitative estimate of drug-likeness (QED) is 0.925. The maximum absolute atomic E-state index is 11.6. The number of rotatable bonds is 3. The summed E-state index contributed by atoms with van der Waals surface area (Å²) in [5, 5.41) is 2.85. The minimum Gasteiger partial charge on any atom is -0.453 e. The van der Waals surface area contributed by atoms with Crippen LogP contribution in [0.5, 0.6) is 0 Å². The standard InChI is InChI=1S/C13H19BrN2O3/c1-13(2,3)19-12(17)15-9-6-16(7-9)8-10-4-5-11(14)18-10/h4-5,9H,6-8H2,1-3H3,(H,15,17). The van der Waals surface area contributed by atoms with E-state index in [1.54, 1.807) is 0 Å². The van der Waals surface area contributed by atoms with Crippen molar-refractivity contribution in [3.8, 4) is 0 Å². The predicted octanol–water partition coefficient (Wildman–Crippen LogP) is 2.75. The van der Waals surface area contributed by atoms with Gasteiger partial charge in [0.15, 0.2) is 4.67 Å². The maximum Gasteiger partial charge on any atom is 0.407 e. The van der Waals surface area contributed by atoms with Crippen LogP contribution in [0.15, 0.2) is 21.2 Å². The smallest absolute Gasteiger partial charge is 0.407 e. The van der Waals surface area contributed by atoms with Crippen LogP contribution < -0.4 is 5.32 Å². The van der Waals surface area contributed by atoms with Crippen LogP contribution in [0.4, 0.5) is 4.79 Å². The van der Waals surface area contributed by atoms with Crippen LogP contribution in [0.25, 0.3) is 0 Å². The molecule has 1 aromatic rings. The molecule has 0 saturated carbocycles. The number of amides is 1. The Bertz CT molecular complexity index is 447. The molecule has 1 amide bonds. The molecule has 1 saturated heterocycles. The summed E-state index contributed by atoms with van der Waals surface area (Å²) in [5.41, 5.74) is -0.450. The molecule has 0 aromatic carbocycles. The fourth-order valence-corrected chi connectivity index (χ4v) is 2.26. The van der Waals surface area contributed by atoms with Crippen LogP contribution in [-0.2, 0) is 11.3 Å². The number of nitrogens with zero attached hydrogens (tertiary/aromatic N) is 1. The third-order valence-electron chi connectivity index (χ3n) is 2.69. The molecule has 0 spiro atoms. The number of carbonyl (C=O) groups is 1. The van der Waals surface area contributed by atoms with Crippen LogP contribution in [-0.4, -0.2) is 35.7 Å². The molecule has 1 fully saturated rings. The minimum atomic E-state index is -0.450. The van der Waals surface area contributed by atoms with E-state index in [2.05, 4.69) is 26.1 Å². The number of likely N-dealkylation sites (tertiary alicyclic amines) is 1. The first-order chi connectivity index (χ1) is 8.82. The second-order valence-corrected chi connectivity index (χ2v) is 6.52. The fourth-order valence-electron chi connectivity index (χ4n) is 1.92. The Hall–Kier alpha value is -1.01. The molecular formula is C13H19BrN2O3. The molecule has 0 aliphatic carbocycles. The number of ether oxygens (including phenoxy) is 1. The molecule has 5 nitrogen and oxygen atoms in total. The second-order valence-electron chi connectivity index (χ2n) is 5.74. The van der Waals surface area contributed by atoms with E-state index in [1.165, 1.54) is 0 Å². The van der Waals surface area contributed by atoms with Gasteiger partial charge in [0.25, 0.3) is 0 Å². The zero-order valence-electron chi connectivity index (χ0n) is 11.4. The lowest BCUT2D eigenvalue weighted by atomic mass is 10.1. The number of halogens is 1. The van der Waals surface area contributed by atoms with Gasteiger partial charge in [-0.25, -0.2) is 4.79 Å². The number of hydrogen-bond donors (Lipinski definition) is 1. The summed E-state index contributed by atoms with van der Waals surface area (Å²) in [4.78, 5) is 13.8. The molecular weight excluding hydrogens is 312 g/mol. The average molecular weight is 331 g/mol. The molecule has 2 rings (SSSR count). The first kappa shape index (κ1) is 14.4. The summed E-state index contributed by atoms with van der Waals surface area (Å²) in [7, 11) is 0. The van der Waals surface area contributed by atoms with Crippen LogP contribution >= 0.6 is 15.9 Å². The van der Waals surface area contributed by atoms with E-state index in [9.17, 15) is 4.79 Å². The molecule has 1 aromatic heterocycles. The minimum absolute atomic E-state index is 0.160. The summed E-state index contributed by atoms with van der Waals surface area (Å²) in [6.45, 7) is 7.96. The fraction of sp³-hybridized carbons (Fsp3) is 0.615. The third-order valence-corrected chi connectivity index (χ3v) is 3.11. The van der Waals surface area contributed by atoms with Crippen molar-refractivity contribution in [1.29, 1.82) is 0 Å². The van der Waals surface area contributed by atoms with Crippen molar-refractivity contribution >= 4 is 22.0 Å². The van der Waals surface area contributed by atoms with Gasteiger partial charge in [0.2, 0.25) is 0 Å². The van der Waals surface area contributed by atoms with Gasteiger partial charge in [-0.1, -0.05) is 0 Å². The van der Waals surface area contributed by atoms with Crippen LogP contribution in [0.1, 0.15) is 26.5 Å². The zero-order chi connectivity index (χ0) is 14.0. The molecule has 106 valence electrons. The SMILES string of the molecule is CC(C)(C)OC(=O)NC1CN(Cc2ccc(Br)o2)C1. The van der Waals surface area contributed by atoms with E-state index < -0.39 is 5.60 Å². The van der Waals surface area contributed by atoms with Gasteiger partial charge in [-0.3, -0.25) is 4.90 Å². The van der Waals surface area contributed by atoms with Gasteiger partial charge >= 0.3 is 6.09 Å². The molecule has 2 heterocycles. The molecule has 1 aliphatic rings. The molecule has 19 heavy (non-hydrogen) atoms. The molecule has 0 unspecified atom stereocenters. The summed E-state index contributed by atoms with van der Waals surface area (Å²) in [6.07, 6.45) is -0.349. The number of furan rings is 1. The topological polar surface area (TPSA) is 54.7 Å². The zero-order valence-corrected chi connectivity index (χ0v) is 13.0. The highest BCUT2D eigenvalue weighted by molar-refractivity contribution is 9.10. The molecule has 1 N–H and O–H groups in total. The van der Waals surface area contributed by atoms with E-state index in [1.807, 2.05) is 32.9 Å². The third kappa shape index (κ3) is 4.54. The maximum atomic E-state index is 11.6. The largest absolute Gasteiger partial charge is 0.453 e. The Balaban J connectivity index is 1.67. The Labute approximate surface area is 121 Å². The van der Waals surface area contributed by atoms with Crippen LogP contribution in [0, 0.1) is 0 Å². The van der Waals surface area contributed by atoms with Crippen molar-refractivity contribution in [2.24, 2.45) is 0 Å². The molecule has 1 aliphatic heterocycles. The van der Waals surface area contributed by atoms with Crippen LogP contribution in [0.2, 0.25) is 0 Å². The monoisotopic (exact) mass is 330 g/mol. The second kappa shape index (κ2) is 5.54. The highest BCUT2D eigenvalue weighted by atomic mass is 79.9. The van der Waals surface area contributed by atoms with Crippen molar-refractivity contribution in [2.75, 3.05) is 13.1 Å². The summed E-state index contributed by atoms with van der Waals surface area (Å²) >= 11 is 3.28. The number of hydrogen-bond acceptors (Lipinski definition) is 4. The lowest BCUT2D eigenvalue weighted by Gasteiger charge is -2.39. The van der Waals surface area contributed by atoms with E-state index in [0.29, 0.717) is 0 Å². The van der Waals surface area contributed by atoms with Gasteiger partial charge in [-0.05, 0) is 48.8 Å². The Morgan fingerprint density at radius 3 is 2.74 bits per heavy atom. The van der Waals surface area contributed by atoms with Gasteiger partial charge in [0.1, 0.15) is 11.4 Å². The van der Waals surface area contributed by atoms with Gasteiger partial charge in [0, 0.05) is 13.1 Å². The van der Waals surface area contributed by atoms with Crippen molar-refractivity contribution < 1.29 is 13.9 Å². The molecule has 6 heteroatoms. The van der Waals surface area contributed by atoms with Crippen molar-refractivity contribution in [3.63, 3.8) is 0 Å². The first-order valence-electron chi connectivity index (χ1n) is 6.28. The number of nitrogens with one attached hydrogen (secondary N) is 1. The van der Waals surface area contributed by atoms with E-state index in [0.717, 1.165) is 30.1 Å². The number of alkyl carbamates (subject to hydrolysis) is 1. The van der Waals surface area contributed by atoms with Gasteiger partial charge in [-0.2, -0.15) is 0 Å². The van der Waals surface area contributed by atoms with Crippen LogP contribution in [0.3, 0.4) is 0 Å². The van der Waals surface area contributed by atoms with E-state index in [4.69, 9.17) is 9.15 Å². The molecule has 0 bridgehead atoms. The molecule has 0 radical (unpaired) electrons.